The van der Waals surface area contributed by atoms with Gasteiger partial charge in [-0.2, -0.15) is 0 Å². The number of hydrogen-bond donors (Lipinski definition) is 3. The molecule has 9 heteroatoms. The summed E-state index contributed by atoms with van der Waals surface area (Å²) in [6, 6.07) is 3.67. The molecule has 3 rings (SSSR count). The minimum Gasteiger partial charge on any atom is -0.353 e. The van der Waals surface area contributed by atoms with E-state index < -0.39 is 29.2 Å². The molecular weight excluding hydrogens is 439 g/mol. The predicted molar refractivity (Wildman–Crippen MR) is 125 cm³/mol. The zero-order valence-corrected chi connectivity index (χ0v) is 20.4. The van der Waals surface area contributed by atoms with Crippen LogP contribution in [0.3, 0.4) is 0 Å². The fourth-order valence-corrected chi connectivity index (χ4v) is 4.75. The van der Waals surface area contributed by atoms with Crippen LogP contribution in [0.5, 0.6) is 0 Å². The molecule has 1 aromatic carbocycles. The van der Waals surface area contributed by atoms with Crippen molar-refractivity contribution in [1.29, 1.82) is 0 Å². The third-order valence-corrected chi connectivity index (χ3v) is 7.57. The van der Waals surface area contributed by atoms with Gasteiger partial charge in [0, 0.05) is 18.7 Å². The Balaban J connectivity index is 1.45. The highest BCUT2D eigenvalue weighted by Crippen LogP contribution is 2.45. The number of carbonyl (C=O) groups is 4. The molecule has 0 atom stereocenters. The number of rotatable bonds is 8. The van der Waals surface area contributed by atoms with Crippen LogP contribution in [-0.2, 0) is 9.59 Å². The third-order valence-electron chi connectivity index (χ3n) is 7.57. The molecule has 1 spiro atoms. The number of nitrogens with zero attached hydrogens (tertiary/aromatic N) is 1. The standard InChI is InChI=1S/C25H35FN4O4/c1-5-24(3,4)18-8-10-25(11-9-18)22(33)30(23(34)29-25)15-20(31)27-12-13-28-21(32)17-7-6-16(2)19(26)14-17/h6-7,14,18H,5,8-13,15H2,1-4H3,(H,27,31)(H,28,32)(H,29,34). The molecule has 186 valence electrons. The molecule has 0 aromatic heterocycles. The summed E-state index contributed by atoms with van der Waals surface area (Å²) in [5.41, 5.74) is -0.0785. The Bertz CT molecular complexity index is 970. The molecule has 1 aromatic rings. The predicted octanol–water partition coefficient (Wildman–Crippen LogP) is 2.90. The third kappa shape index (κ3) is 5.39. The topological polar surface area (TPSA) is 108 Å². The molecular formula is C25H35FN4O4. The summed E-state index contributed by atoms with van der Waals surface area (Å²) >= 11 is 0. The summed E-state index contributed by atoms with van der Waals surface area (Å²) in [6.45, 7) is 8.12. The van der Waals surface area contributed by atoms with Gasteiger partial charge in [-0.25, -0.2) is 9.18 Å². The van der Waals surface area contributed by atoms with Gasteiger partial charge in [0.15, 0.2) is 0 Å². The van der Waals surface area contributed by atoms with Crippen LogP contribution in [0.25, 0.3) is 0 Å². The van der Waals surface area contributed by atoms with E-state index in [2.05, 4.69) is 36.7 Å². The molecule has 34 heavy (non-hydrogen) atoms. The molecule has 8 nitrogen and oxygen atoms in total. The second-order valence-electron chi connectivity index (χ2n) is 10.1. The van der Waals surface area contributed by atoms with Crippen molar-refractivity contribution in [3.63, 3.8) is 0 Å². The van der Waals surface area contributed by atoms with E-state index in [1.165, 1.54) is 12.1 Å². The van der Waals surface area contributed by atoms with Crippen LogP contribution in [0.2, 0.25) is 0 Å². The largest absolute Gasteiger partial charge is 0.353 e. The molecule has 5 amide bonds. The maximum atomic E-state index is 13.6. The van der Waals surface area contributed by atoms with Crippen LogP contribution < -0.4 is 16.0 Å². The maximum absolute atomic E-state index is 13.6. The summed E-state index contributed by atoms with van der Waals surface area (Å²) in [4.78, 5) is 50.9. The van der Waals surface area contributed by atoms with Crippen molar-refractivity contribution in [3.05, 3.63) is 35.1 Å². The molecule has 0 unspecified atom stereocenters. The van der Waals surface area contributed by atoms with E-state index in [-0.39, 0.29) is 36.5 Å². The molecule has 1 saturated heterocycles. The van der Waals surface area contributed by atoms with Gasteiger partial charge < -0.3 is 16.0 Å². The van der Waals surface area contributed by atoms with Crippen molar-refractivity contribution in [1.82, 2.24) is 20.9 Å². The van der Waals surface area contributed by atoms with Crippen LogP contribution in [-0.4, -0.2) is 53.8 Å². The van der Waals surface area contributed by atoms with Crippen molar-refractivity contribution in [2.45, 2.75) is 65.3 Å². The number of amides is 5. The average molecular weight is 475 g/mol. The van der Waals surface area contributed by atoms with Crippen molar-refractivity contribution in [2.24, 2.45) is 11.3 Å². The van der Waals surface area contributed by atoms with E-state index >= 15 is 0 Å². The first-order chi connectivity index (χ1) is 16.0. The molecule has 0 bridgehead atoms. The molecule has 1 aliphatic heterocycles. The van der Waals surface area contributed by atoms with Crippen LogP contribution in [0.15, 0.2) is 18.2 Å². The summed E-state index contributed by atoms with van der Waals surface area (Å²) in [5.74, 6) is -1.25. The first kappa shape index (κ1) is 25.6. The van der Waals surface area contributed by atoms with Crippen molar-refractivity contribution in [2.75, 3.05) is 19.6 Å². The van der Waals surface area contributed by atoms with Crippen molar-refractivity contribution >= 4 is 23.8 Å². The highest BCUT2D eigenvalue weighted by molar-refractivity contribution is 6.09. The summed E-state index contributed by atoms with van der Waals surface area (Å²) in [5, 5.41) is 8.04. The molecule has 1 heterocycles. The van der Waals surface area contributed by atoms with Gasteiger partial charge in [0.05, 0.1) is 0 Å². The number of hydrogen-bond acceptors (Lipinski definition) is 4. The number of urea groups is 1. The first-order valence-electron chi connectivity index (χ1n) is 11.9. The van der Waals surface area contributed by atoms with Gasteiger partial charge in [-0.05, 0) is 61.6 Å². The number of benzene rings is 1. The molecule has 3 N–H and O–H groups in total. The lowest BCUT2D eigenvalue weighted by molar-refractivity contribution is -0.136. The van der Waals surface area contributed by atoms with Crippen LogP contribution in [0.1, 0.15) is 68.8 Å². The Kier molecular flexibility index (Phi) is 7.63. The quantitative estimate of drug-likeness (QED) is 0.398. The van der Waals surface area contributed by atoms with E-state index in [0.29, 0.717) is 24.3 Å². The monoisotopic (exact) mass is 474 g/mol. The Morgan fingerprint density at radius 2 is 1.82 bits per heavy atom. The normalized spacial score (nSPS) is 22.6. The first-order valence-corrected chi connectivity index (χ1v) is 11.9. The van der Waals surface area contributed by atoms with Gasteiger partial charge >= 0.3 is 6.03 Å². The Labute approximate surface area is 200 Å². The van der Waals surface area contributed by atoms with Crippen LogP contribution >= 0.6 is 0 Å². The van der Waals surface area contributed by atoms with E-state index in [1.54, 1.807) is 6.92 Å². The van der Waals surface area contributed by atoms with Gasteiger partial charge in [-0.3, -0.25) is 19.3 Å². The Hall–Kier alpha value is -2.97. The minimum absolute atomic E-state index is 0.113. The van der Waals surface area contributed by atoms with Crippen LogP contribution in [0, 0.1) is 24.1 Å². The summed E-state index contributed by atoms with van der Waals surface area (Å²) in [7, 11) is 0. The zero-order valence-electron chi connectivity index (χ0n) is 20.4. The number of halogens is 1. The lowest BCUT2D eigenvalue weighted by Gasteiger charge is -2.42. The van der Waals surface area contributed by atoms with E-state index in [1.807, 2.05) is 0 Å². The van der Waals surface area contributed by atoms with E-state index in [4.69, 9.17) is 0 Å². The zero-order chi connectivity index (χ0) is 25.1. The van der Waals surface area contributed by atoms with Crippen molar-refractivity contribution in [3.8, 4) is 0 Å². The Morgan fingerprint density at radius 1 is 1.18 bits per heavy atom. The highest BCUT2D eigenvalue weighted by atomic mass is 19.1. The summed E-state index contributed by atoms with van der Waals surface area (Å²) < 4.78 is 13.6. The average Bonchev–Trinajstić information content (AvgIpc) is 3.02. The molecule has 2 fully saturated rings. The van der Waals surface area contributed by atoms with Crippen LogP contribution in [0.4, 0.5) is 9.18 Å². The lowest BCUT2D eigenvalue weighted by Crippen LogP contribution is -2.51. The maximum Gasteiger partial charge on any atom is 0.325 e. The number of carbonyl (C=O) groups excluding carboxylic acids is 4. The van der Waals surface area contributed by atoms with Gasteiger partial charge in [0.2, 0.25) is 5.91 Å². The van der Waals surface area contributed by atoms with Gasteiger partial charge in [-0.15, -0.1) is 0 Å². The molecule has 1 saturated carbocycles. The second-order valence-corrected chi connectivity index (χ2v) is 10.1. The lowest BCUT2D eigenvalue weighted by atomic mass is 9.65. The number of aryl methyl sites for hydroxylation is 1. The molecule has 1 aliphatic carbocycles. The molecule has 0 radical (unpaired) electrons. The van der Waals surface area contributed by atoms with Gasteiger partial charge in [0.1, 0.15) is 17.9 Å². The number of nitrogens with one attached hydrogen (secondary N) is 3. The highest BCUT2D eigenvalue weighted by Gasteiger charge is 2.53. The fraction of sp³-hybridized carbons (Fsp3) is 0.600. The SMILES string of the molecule is CCC(C)(C)C1CCC2(CC1)NC(=O)N(CC(=O)NCCNC(=O)c1ccc(C)c(F)c1)C2=O. The minimum atomic E-state index is -0.908. The second kappa shape index (κ2) is 10.1. The fourth-order valence-electron chi connectivity index (χ4n) is 4.75. The summed E-state index contributed by atoms with van der Waals surface area (Å²) in [6.07, 6.45) is 3.93. The van der Waals surface area contributed by atoms with E-state index in [9.17, 15) is 23.6 Å². The smallest absolute Gasteiger partial charge is 0.325 e. The number of imide groups is 1. The van der Waals surface area contributed by atoms with Gasteiger partial charge in [-0.1, -0.05) is 33.3 Å². The van der Waals surface area contributed by atoms with Gasteiger partial charge in [0.25, 0.3) is 11.8 Å². The Morgan fingerprint density at radius 3 is 2.44 bits per heavy atom. The molecule has 2 aliphatic rings. The van der Waals surface area contributed by atoms with Crippen molar-refractivity contribution < 1.29 is 23.6 Å². The van der Waals surface area contributed by atoms with E-state index in [0.717, 1.165) is 30.2 Å².